The Morgan fingerprint density at radius 1 is 1.71 bits per heavy atom. The molecule has 1 N–H and O–H groups in total. The molecular formula is C9H14N2O3. The van der Waals surface area contributed by atoms with Crippen LogP contribution in [0.5, 0.6) is 0 Å². The zero-order valence-corrected chi connectivity index (χ0v) is 8.52. The first-order valence-electron chi connectivity index (χ1n) is 4.35. The molecule has 1 atom stereocenters. The molecule has 1 heterocycles. The lowest BCUT2D eigenvalue weighted by molar-refractivity contribution is -0.141. The van der Waals surface area contributed by atoms with Gasteiger partial charge in [0.2, 0.25) is 0 Å². The van der Waals surface area contributed by atoms with E-state index < -0.39 is 11.9 Å². The van der Waals surface area contributed by atoms with E-state index in [9.17, 15) is 4.79 Å². The first kappa shape index (κ1) is 10.6. The Morgan fingerprint density at radius 3 is 2.79 bits per heavy atom. The van der Waals surface area contributed by atoms with Crippen LogP contribution in [0.15, 0.2) is 10.6 Å². The van der Waals surface area contributed by atoms with Crippen LogP contribution in [-0.2, 0) is 11.2 Å². The van der Waals surface area contributed by atoms with E-state index in [-0.39, 0.29) is 0 Å². The standard InChI is InChI=1S/C9H14N2O3/c1-6(8(12)13)4-7-5-10-9(14-7)11(2)3/h5-6H,4H2,1-3H3,(H,12,13). The molecule has 5 nitrogen and oxygen atoms in total. The Bertz CT molecular complexity index is 320. The van der Waals surface area contributed by atoms with Crippen molar-refractivity contribution in [2.75, 3.05) is 19.0 Å². The van der Waals surface area contributed by atoms with Crippen molar-refractivity contribution in [2.45, 2.75) is 13.3 Å². The molecule has 5 heteroatoms. The average molecular weight is 198 g/mol. The molecule has 78 valence electrons. The minimum absolute atomic E-state index is 0.371. The molecule has 0 saturated carbocycles. The summed E-state index contributed by atoms with van der Waals surface area (Å²) in [6.07, 6.45) is 1.94. The maximum atomic E-state index is 10.6. The molecule has 0 aliphatic carbocycles. The lowest BCUT2D eigenvalue weighted by Gasteiger charge is -2.05. The van der Waals surface area contributed by atoms with E-state index in [1.807, 2.05) is 14.1 Å². The van der Waals surface area contributed by atoms with Crippen LogP contribution in [0.2, 0.25) is 0 Å². The maximum Gasteiger partial charge on any atom is 0.306 e. The van der Waals surface area contributed by atoms with Gasteiger partial charge in [0.15, 0.2) is 0 Å². The minimum atomic E-state index is -0.826. The lowest BCUT2D eigenvalue weighted by atomic mass is 10.1. The number of anilines is 1. The highest BCUT2D eigenvalue weighted by Gasteiger charge is 2.15. The van der Waals surface area contributed by atoms with Gasteiger partial charge in [-0.05, 0) is 0 Å². The van der Waals surface area contributed by atoms with Gasteiger partial charge in [0.05, 0.1) is 12.1 Å². The smallest absolute Gasteiger partial charge is 0.306 e. The lowest BCUT2D eigenvalue weighted by Crippen LogP contribution is -2.11. The number of rotatable bonds is 4. The quantitative estimate of drug-likeness (QED) is 0.781. The van der Waals surface area contributed by atoms with E-state index in [0.717, 1.165) is 0 Å². The van der Waals surface area contributed by atoms with E-state index in [1.165, 1.54) is 0 Å². The molecule has 0 fully saturated rings. The van der Waals surface area contributed by atoms with Crippen molar-refractivity contribution in [3.05, 3.63) is 12.0 Å². The molecule has 0 bridgehead atoms. The first-order chi connectivity index (χ1) is 6.50. The SMILES string of the molecule is CC(Cc1cnc(N(C)C)o1)C(=O)O. The second kappa shape index (κ2) is 4.13. The number of carbonyl (C=O) groups is 1. The Labute approximate surface area is 82.4 Å². The zero-order chi connectivity index (χ0) is 10.7. The number of hydrogen-bond acceptors (Lipinski definition) is 4. The van der Waals surface area contributed by atoms with Gasteiger partial charge in [-0.1, -0.05) is 6.92 Å². The minimum Gasteiger partial charge on any atom is -0.481 e. The predicted octanol–water partition coefficient (Wildman–Crippen LogP) is 1.00. The van der Waals surface area contributed by atoms with E-state index in [0.29, 0.717) is 18.2 Å². The topological polar surface area (TPSA) is 66.6 Å². The number of aliphatic carboxylic acids is 1. The molecule has 0 aliphatic heterocycles. The molecule has 0 aliphatic rings. The van der Waals surface area contributed by atoms with Crippen LogP contribution in [0.1, 0.15) is 12.7 Å². The van der Waals surface area contributed by atoms with Gasteiger partial charge in [0.1, 0.15) is 5.76 Å². The molecule has 0 spiro atoms. The van der Waals surface area contributed by atoms with E-state index in [2.05, 4.69) is 4.98 Å². The normalized spacial score (nSPS) is 12.5. The Kier molecular flexibility index (Phi) is 3.11. The molecule has 1 rings (SSSR count). The van der Waals surface area contributed by atoms with Crippen molar-refractivity contribution in [1.82, 2.24) is 4.98 Å². The molecular weight excluding hydrogens is 184 g/mol. The van der Waals surface area contributed by atoms with Crippen molar-refractivity contribution in [3.8, 4) is 0 Å². The van der Waals surface area contributed by atoms with Crippen LogP contribution in [0, 0.1) is 5.92 Å². The average Bonchev–Trinajstić information content (AvgIpc) is 2.52. The van der Waals surface area contributed by atoms with Crippen LogP contribution in [0.25, 0.3) is 0 Å². The van der Waals surface area contributed by atoms with Crippen LogP contribution >= 0.6 is 0 Å². The Balaban J connectivity index is 2.64. The third-order valence-corrected chi connectivity index (χ3v) is 1.85. The summed E-state index contributed by atoms with van der Waals surface area (Å²) in [5.74, 6) is -0.672. The number of nitrogens with zero attached hydrogens (tertiary/aromatic N) is 2. The molecule has 0 aromatic carbocycles. The van der Waals surface area contributed by atoms with Crippen molar-refractivity contribution in [2.24, 2.45) is 5.92 Å². The number of oxazole rings is 1. The molecule has 1 unspecified atom stereocenters. The summed E-state index contributed by atoms with van der Waals surface area (Å²) >= 11 is 0. The van der Waals surface area contributed by atoms with E-state index in [4.69, 9.17) is 9.52 Å². The number of carboxylic acids is 1. The molecule has 1 aromatic heterocycles. The summed E-state index contributed by atoms with van der Waals surface area (Å²) in [7, 11) is 3.63. The summed E-state index contributed by atoms with van der Waals surface area (Å²) in [4.78, 5) is 16.3. The van der Waals surface area contributed by atoms with E-state index in [1.54, 1.807) is 18.0 Å². The van der Waals surface area contributed by atoms with Crippen LogP contribution in [0.4, 0.5) is 6.01 Å². The molecule has 0 saturated heterocycles. The van der Waals surface area contributed by atoms with Crippen LogP contribution < -0.4 is 4.90 Å². The Morgan fingerprint density at radius 2 is 2.36 bits per heavy atom. The number of aromatic nitrogens is 1. The first-order valence-corrected chi connectivity index (χ1v) is 4.35. The highest BCUT2D eigenvalue weighted by atomic mass is 16.4. The van der Waals surface area contributed by atoms with Gasteiger partial charge in [-0.25, -0.2) is 4.98 Å². The van der Waals surface area contributed by atoms with Crippen molar-refractivity contribution in [3.63, 3.8) is 0 Å². The number of carboxylic acid groups (broad SMARTS) is 1. The number of hydrogen-bond donors (Lipinski definition) is 1. The summed E-state index contributed by atoms with van der Waals surface area (Å²) < 4.78 is 5.32. The third kappa shape index (κ3) is 2.48. The fourth-order valence-corrected chi connectivity index (χ4v) is 0.987. The second-order valence-corrected chi connectivity index (χ2v) is 3.45. The van der Waals surface area contributed by atoms with Gasteiger partial charge < -0.3 is 14.4 Å². The molecule has 0 radical (unpaired) electrons. The fraction of sp³-hybridized carbons (Fsp3) is 0.556. The largest absolute Gasteiger partial charge is 0.481 e. The predicted molar refractivity (Wildman–Crippen MR) is 51.3 cm³/mol. The summed E-state index contributed by atoms with van der Waals surface area (Å²) in [5.41, 5.74) is 0. The van der Waals surface area contributed by atoms with Gasteiger partial charge >= 0.3 is 5.97 Å². The summed E-state index contributed by atoms with van der Waals surface area (Å²) in [5, 5.41) is 8.69. The van der Waals surface area contributed by atoms with Gasteiger partial charge in [-0.2, -0.15) is 0 Å². The van der Waals surface area contributed by atoms with E-state index >= 15 is 0 Å². The van der Waals surface area contributed by atoms with Gasteiger partial charge in [-0.15, -0.1) is 0 Å². The van der Waals surface area contributed by atoms with Crippen molar-refractivity contribution < 1.29 is 14.3 Å². The van der Waals surface area contributed by atoms with Gasteiger partial charge in [0.25, 0.3) is 6.01 Å². The summed E-state index contributed by atoms with van der Waals surface area (Å²) in [6.45, 7) is 1.64. The van der Waals surface area contributed by atoms with Crippen molar-refractivity contribution >= 4 is 12.0 Å². The highest BCUT2D eigenvalue weighted by Crippen LogP contribution is 2.15. The van der Waals surface area contributed by atoms with Crippen LogP contribution in [-0.4, -0.2) is 30.2 Å². The second-order valence-electron chi connectivity index (χ2n) is 3.45. The van der Waals surface area contributed by atoms with Crippen LogP contribution in [0.3, 0.4) is 0 Å². The summed E-state index contributed by atoms with van der Waals surface area (Å²) in [6, 6.07) is 0.498. The maximum absolute atomic E-state index is 10.6. The monoisotopic (exact) mass is 198 g/mol. The highest BCUT2D eigenvalue weighted by molar-refractivity contribution is 5.69. The third-order valence-electron chi connectivity index (χ3n) is 1.85. The van der Waals surface area contributed by atoms with Gasteiger partial charge in [-0.3, -0.25) is 4.79 Å². The molecule has 1 aromatic rings. The van der Waals surface area contributed by atoms with Gasteiger partial charge in [0, 0.05) is 20.5 Å². The Hall–Kier alpha value is -1.52. The fourth-order valence-electron chi connectivity index (χ4n) is 0.987. The molecule has 0 amide bonds. The zero-order valence-electron chi connectivity index (χ0n) is 8.52. The molecule has 14 heavy (non-hydrogen) atoms. The van der Waals surface area contributed by atoms with Crippen molar-refractivity contribution in [1.29, 1.82) is 0 Å².